The van der Waals surface area contributed by atoms with Gasteiger partial charge in [0.1, 0.15) is 34.4 Å². The van der Waals surface area contributed by atoms with Crippen LogP contribution in [0, 0.1) is 37.5 Å². The Bertz CT molecular complexity index is 2450. The van der Waals surface area contributed by atoms with Crippen LogP contribution >= 0.6 is 22.9 Å². The summed E-state index contributed by atoms with van der Waals surface area (Å²) in [6.45, 7) is 10.3. The van der Waals surface area contributed by atoms with Crippen molar-refractivity contribution in [3.8, 4) is 22.6 Å². The predicted octanol–water partition coefficient (Wildman–Crippen LogP) is 8.82. The molecule has 2 aliphatic carbocycles. The van der Waals surface area contributed by atoms with Crippen molar-refractivity contribution in [3.63, 3.8) is 0 Å². The Morgan fingerprint density at radius 3 is 2.46 bits per heavy atom. The van der Waals surface area contributed by atoms with Gasteiger partial charge in [-0.3, -0.25) is 14.4 Å². The van der Waals surface area contributed by atoms with Gasteiger partial charge in [-0.15, -0.1) is 31.7 Å². The smallest absolute Gasteiger partial charge is 0.272 e. The Labute approximate surface area is 353 Å². The van der Waals surface area contributed by atoms with Crippen LogP contribution < -0.4 is 19.7 Å². The minimum absolute atomic E-state index is 0.0316. The number of aromatic nitrogens is 5. The van der Waals surface area contributed by atoms with E-state index in [2.05, 4.69) is 86.3 Å². The van der Waals surface area contributed by atoms with Crippen LogP contribution in [-0.2, 0) is 0 Å². The lowest BCUT2D eigenvalue weighted by atomic mass is 9.78. The van der Waals surface area contributed by atoms with Crippen molar-refractivity contribution in [2.24, 2.45) is 10.4 Å². The minimum atomic E-state index is -0.204. The summed E-state index contributed by atoms with van der Waals surface area (Å²) in [6.07, 6.45) is 8.74. The summed E-state index contributed by atoms with van der Waals surface area (Å²) in [5, 5.41) is 31.6. The highest BCUT2D eigenvalue weighted by atomic mass is 35.5. The molecule has 2 aromatic carbocycles. The van der Waals surface area contributed by atoms with Gasteiger partial charge in [0.15, 0.2) is 17.3 Å². The maximum absolute atomic E-state index is 13.2. The number of aryl methyl sites for hydroxylation is 2. The van der Waals surface area contributed by atoms with Gasteiger partial charge in [0.05, 0.1) is 28.5 Å². The van der Waals surface area contributed by atoms with Crippen molar-refractivity contribution >= 4 is 40.4 Å². The third kappa shape index (κ3) is 7.80. The number of carbonyl (C=O) groups is 1. The molecular weight excluding hydrogens is 782 g/mol. The van der Waals surface area contributed by atoms with Crippen LogP contribution in [0.3, 0.4) is 0 Å². The number of thiophene rings is 1. The Morgan fingerprint density at radius 2 is 1.71 bits per heavy atom. The summed E-state index contributed by atoms with van der Waals surface area (Å²) in [5.74, 6) is 3.89. The van der Waals surface area contributed by atoms with E-state index in [-0.39, 0.29) is 35.6 Å². The van der Waals surface area contributed by atoms with Gasteiger partial charge in [0.2, 0.25) is 0 Å². The van der Waals surface area contributed by atoms with E-state index in [0.717, 1.165) is 116 Å². The first-order valence-electron chi connectivity index (χ1n) is 20.7. The Balaban J connectivity index is 0.783. The molecule has 1 amide bonds. The number of hydrogen-bond donors (Lipinski definition) is 1. The molecule has 4 aliphatic rings. The van der Waals surface area contributed by atoms with Gasteiger partial charge in [-0.1, -0.05) is 11.6 Å². The normalized spacial score (nSPS) is 23.8. The minimum Gasteiger partial charge on any atom is -0.490 e. The quantitative estimate of drug-likeness (QED) is 0.162. The van der Waals surface area contributed by atoms with Crippen molar-refractivity contribution in [1.82, 2.24) is 30.3 Å². The van der Waals surface area contributed by atoms with Gasteiger partial charge >= 0.3 is 0 Å². The summed E-state index contributed by atoms with van der Waals surface area (Å²) < 4.78 is 14.9. The number of amides is 1. The highest BCUT2D eigenvalue weighted by Gasteiger charge is 2.43. The molecule has 9 rings (SSSR count). The van der Waals surface area contributed by atoms with Gasteiger partial charge in [-0.2, -0.15) is 5.26 Å². The van der Waals surface area contributed by atoms with Gasteiger partial charge in [0, 0.05) is 41.2 Å². The van der Waals surface area contributed by atoms with Crippen LogP contribution in [0.5, 0.6) is 11.5 Å². The topological polar surface area (TPSA) is 143 Å². The standard InChI is InChI=1S/C45H48ClN9O3S/c1-26-28(3)59-44-40(26)41(48-27(2)42-53-50-29(4)55(42)44)30-6-11-33(12-7-30)58-36-18-20-45(23-36)19-5-21-54(25-45)39-17-16-38(51-52-39)43(56)49-32-9-14-34(15-10-32)57-35-13-8-31(24-47)37(46)22-35/h6-8,11-13,16-17,22,27,32,34,36H,5,9-10,14-15,18-21,23,25H2,1-4H3,(H,49,56)/t27-,32?,34?,36?,45?/m0/s1. The maximum atomic E-state index is 13.2. The van der Waals surface area contributed by atoms with Crippen LogP contribution in [0.25, 0.3) is 5.00 Å². The van der Waals surface area contributed by atoms with Crippen molar-refractivity contribution in [2.75, 3.05) is 18.0 Å². The van der Waals surface area contributed by atoms with E-state index in [1.807, 2.05) is 13.0 Å². The Kier molecular flexibility index (Phi) is 10.6. The lowest BCUT2D eigenvalue weighted by molar-refractivity contribution is 0.0888. The van der Waals surface area contributed by atoms with Crippen LogP contribution in [0.15, 0.2) is 59.6 Å². The summed E-state index contributed by atoms with van der Waals surface area (Å²) >= 11 is 7.95. The molecule has 2 saturated carbocycles. The molecule has 59 heavy (non-hydrogen) atoms. The van der Waals surface area contributed by atoms with E-state index < -0.39 is 0 Å². The zero-order valence-corrected chi connectivity index (χ0v) is 35.4. The highest BCUT2D eigenvalue weighted by Crippen LogP contribution is 2.47. The second-order valence-corrected chi connectivity index (χ2v) is 18.3. The largest absolute Gasteiger partial charge is 0.490 e. The number of aliphatic imine (C=N–C) groups is 1. The number of hydrogen-bond acceptors (Lipinski definition) is 11. The third-order valence-corrected chi connectivity index (χ3v) is 14.2. The molecule has 3 aromatic heterocycles. The van der Waals surface area contributed by atoms with Crippen molar-refractivity contribution in [3.05, 3.63) is 104 Å². The molecule has 304 valence electrons. The number of anilines is 1. The summed E-state index contributed by atoms with van der Waals surface area (Å²) in [5.41, 5.74) is 5.37. The van der Waals surface area contributed by atoms with E-state index in [9.17, 15) is 4.79 Å². The van der Waals surface area contributed by atoms with Gasteiger partial charge in [0.25, 0.3) is 5.91 Å². The van der Waals surface area contributed by atoms with Gasteiger partial charge in [-0.05, 0) is 145 Å². The van der Waals surface area contributed by atoms with Crippen molar-refractivity contribution in [2.45, 2.75) is 110 Å². The molecule has 1 spiro atoms. The summed E-state index contributed by atoms with van der Waals surface area (Å²) in [6, 6.07) is 19.3. The molecule has 3 fully saturated rings. The van der Waals surface area contributed by atoms with Crippen molar-refractivity contribution < 1.29 is 14.3 Å². The molecule has 2 aliphatic heterocycles. The monoisotopic (exact) mass is 829 g/mol. The molecular formula is C45H48ClN9O3S. The molecule has 12 nitrogen and oxygen atoms in total. The second-order valence-electron chi connectivity index (χ2n) is 16.7. The van der Waals surface area contributed by atoms with E-state index in [0.29, 0.717) is 22.0 Å². The maximum Gasteiger partial charge on any atom is 0.272 e. The number of benzene rings is 2. The van der Waals surface area contributed by atoms with Crippen LogP contribution in [0.4, 0.5) is 5.82 Å². The fourth-order valence-electron chi connectivity index (χ4n) is 9.44. The van der Waals surface area contributed by atoms with Crippen LogP contribution in [0.1, 0.15) is 120 Å². The van der Waals surface area contributed by atoms with E-state index >= 15 is 0 Å². The fraction of sp³-hybridized carbons (Fsp3) is 0.444. The Morgan fingerprint density at radius 1 is 0.932 bits per heavy atom. The zero-order valence-electron chi connectivity index (χ0n) is 33.9. The van der Waals surface area contributed by atoms with Gasteiger partial charge in [-0.25, -0.2) is 0 Å². The third-order valence-electron chi connectivity index (χ3n) is 12.7. The average molecular weight is 830 g/mol. The highest BCUT2D eigenvalue weighted by molar-refractivity contribution is 7.15. The number of nitrogens with one attached hydrogen (secondary N) is 1. The zero-order chi connectivity index (χ0) is 40.8. The van der Waals surface area contributed by atoms with Gasteiger partial charge < -0.3 is 19.7 Å². The number of nitrogens with zero attached hydrogens (tertiary/aromatic N) is 8. The first-order chi connectivity index (χ1) is 28.6. The number of nitriles is 1. The first kappa shape index (κ1) is 39.2. The molecule has 5 aromatic rings. The summed E-state index contributed by atoms with van der Waals surface area (Å²) in [7, 11) is 0. The van der Waals surface area contributed by atoms with Crippen molar-refractivity contribution in [1.29, 1.82) is 5.26 Å². The lowest BCUT2D eigenvalue weighted by Gasteiger charge is -2.41. The van der Waals surface area contributed by atoms with Crippen LogP contribution in [0.2, 0.25) is 5.02 Å². The molecule has 3 atom stereocenters. The van der Waals surface area contributed by atoms with E-state index in [1.54, 1.807) is 35.6 Å². The fourth-order valence-corrected chi connectivity index (χ4v) is 10.9. The molecule has 1 saturated heterocycles. The number of halogens is 1. The molecule has 0 radical (unpaired) electrons. The predicted molar refractivity (Wildman–Crippen MR) is 228 cm³/mol. The van der Waals surface area contributed by atoms with Crippen LogP contribution in [-0.4, -0.2) is 67.9 Å². The lowest BCUT2D eigenvalue weighted by Crippen LogP contribution is -2.43. The number of carbonyl (C=O) groups excluding carboxylic acids is 1. The number of piperidine rings is 1. The number of rotatable bonds is 8. The molecule has 14 heteroatoms. The number of fused-ring (bicyclic) bond motifs is 3. The molecule has 5 heterocycles. The molecule has 0 bridgehead atoms. The average Bonchev–Trinajstić information content (AvgIpc) is 3.88. The molecule has 2 unspecified atom stereocenters. The Hall–Kier alpha value is -5.32. The summed E-state index contributed by atoms with van der Waals surface area (Å²) in [4.78, 5) is 22.0. The SMILES string of the molecule is Cc1sc2c(c1C)C(c1ccc(OC3CCC4(CCCN(c5ccc(C(=O)NC6CCC(Oc7ccc(C#N)c(Cl)c7)CC6)nn5)C4)C3)cc1)=N[C@@H](C)c1nnc(C)n1-2. The van der Waals surface area contributed by atoms with E-state index in [1.165, 1.54) is 10.4 Å². The first-order valence-corrected chi connectivity index (χ1v) is 21.9. The molecule has 1 N–H and O–H groups in total. The number of ether oxygens (including phenoxy) is 2. The van der Waals surface area contributed by atoms with E-state index in [4.69, 9.17) is 31.3 Å². The second kappa shape index (κ2) is 16.0.